The zero-order valence-electron chi connectivity index (χ0n) is 11.3. The van der Waals surface area contributed by atoms with Crippen molar-refractivity contribution in [2.24, 2.45) is 0 Å². The van der Waals surface area contributed by atoms with E-state index in [0.29, 0.717) is 29.3 Å². The van der Waals surface area contributed by atoms with E-state index < -0.39 is 18.0 Å². The van der Waals surface area contributed by atoms with Gasteiger partial charge in [0.1, 0.15) is 11.8 Å². The fourth-order valence-corrected chi connectivity index (χ4v) is 1.75. The fraction of sp³-hybridized carbons (Fsp3) is 0.385. The highest BCUT2D eigenvalue weighted by atomic mass is 35.5. The summed E-state index contributed by atoms with van der Waals surface area (Å²) < 4.78 is 5.02. The molecular weight excluding hydrogens is 284 g/mol. The van der Waals surface area contributed by atoms with Crippen LogP contribution in [0.1, 0.15) is 19.8 Å². The standard InChI is InChI=1S/C13H17ClN2O4/c1-3-4-10(12(17)18)15-13(19)16-11-7-8(20-2)5-6-9(11)14/h5-7,10H,3-4H2,1-2H3,(H,17,18)(H2,15,16,19)/t10-/m0/s1. The van der Waals surface area contributed by atoms with Crippen LogP contribution in [0, 0.1) is 0 Å². The molecule has 110 valence electrons. The number of carboxylic acid groups (broad SMARTS) is 1. The molecule has 0 fully saturated rings. The quantitative estimate of drug-likeness (QED) is 0.754. The second kappa shape index (κ2) is 7.59. The predicted molar refractivity (Wildman–Crippen MR) is 76.5 cm³/mol. The van der Waals surface area contributed by atoms with Gasteiger partial charge in [-0.15, -0.1) is 0 Å². The van der Waals surface area contributed by atoms with Crippen molar-refractivity contribution in [3.8, 4) is 5.75 Å². The van der Waals surface area contributed by atoms with E-state index in [4.69, 9.17) is 21.4 Å². The molecule has 1 aromatic carbocycles. The smallest absolute Gasteiger partial charge is 0.326 e. The number of urea groups is 1. The van der Waals surface area contributed by atoms with E-state index in [0.717, 1.165) is 0 Å². The van der Waals surface area contributed by atoms with Crippen LogP contribution < -0.4 is 15.4 Å². The van der Waals surface area contributed by atoms with Gasteiger partial charge in [0.2, 0.25) is 0 Å². The monoisotopic (exact) mass is 300 g/mol. The number of hydrogen-bond donors (Lipinski definition) is 3. The molecule has 3 N–H and O–H groups in total. The van der Waals surface area contributed by atoms with Crippen molar-refractivity contribution in [3.05, 3.63) is 23.2 Å². The molecule has 20 heavy (non-hydrogen) atoms. The summed E-state index contributed by atoms with van der Waals surface area (Å²) in [5.74, 6) is -0.535. The third kappa shape index (κ3) is 4.62. The third-order valence-corrected chi connectivity index (χ3v) is 2.93. The number of anilines is 1. The molecule has 0 saturated heterocycles. The molecule has 2 amide bonds. The van der Waals surface area contributed by atoms with Crippen molar-refractivity contribution >= 4 is 29.3 Å². The maximum Gasteiger partial charge on any atom is 0.326 e. The first-order chi connectivity index (χ1) is 9.47. The Morgan fingerprint density at radius 1 is 1.45 bits per heavy atom. The number of benzene rings is 1. The van der Waals surface area contributed by atoms with E-state index in [1.54, 1.807) is 18.2 Å². The van der Waals surface area contributed by atoms with Crippen molar-refractivity contribution in [2.45, 2.75) is 25.8 Å². The van der Waals surface area contributed by atoms with E-state index in [-0.39, 0.29) is 0 Å². The van der Waals surface area contributed by atoms with E-state index in [2.05, 4.69) is 10.6 Å². The summed E-state index contributed by atoms with van der Waals surface area (Å²) in [6, 6.07) is 3.24. The normalized spacial score (nSPS) is 11.6. The van der Waals surface area contributed by atoms with Crippen LogP contribution in [-0.2, 0) is 4.79 Å². The number of carbonyl (C=O) groups is 2. The predicted octanol–water partition coefficient (Wildman–Crippen LogP) is 2.72. The Hall–Kier alpha value is -1.95. The van der Waals surface area contributed by atoms with Crippen LogP contribution in [0.5, 0.6) is 5.75 Å². The first-order valence-corrected chi connectivity index (χ1v) is 6.49. The number of hydrogen-bond acceptors (Lipinski definition) is 3. The van der Waals surface area contributed by atoms with Crippen molar-refractivity contribution < 1.29 is 19.4 Å². The molecule has 6 nitrogen and oxygen atoms in total. The molecule has 0 aromatic heterocycles. The Morgan fingerprint density at radius 2 is 2.15 bits per heavy atom. The van der Waals surface area contributed by atoms with Gasteiger partial charge in [-0.05, 0) is 18.6 Å². The molecule has 0 aliphatic carbocycles. The number of halogens is 1. The largest absolute Gasteiger partial charge is 0.497 e. The second-order valence-electron chi connectivity index (χ2n) is 4.12. The molecule has 1 atom stereocenters. The molecule has 0 radical (unpaired) electrons. The molecule has 1 rings (SSSR count). The highest BCUT2D eigenvalue weighted by Crippen LogP contribution is 2.26. The SMILES string of the molecule is CCC[C@H](NC(=O)Nc1cc(OC)ccc1Cl)C(=O)O. The van der Waals surface area contributed by atoms with Crippen LogP contribution in [0.3, 0.4) is 0 Å². The average Bonchev–Trinajstić information content (AvgIpc) is 2.40. The fourth-order valence-electron chi connectivity index (χ4n) is 1.59. The summed E-state index contributed by atoms with van der Waals surface area (Å²) in [4.78, 5) is 22.7. The minimum atomic E-state index is -1.07. The number of aliphatic carboxylic acids is 1. The lowest BCUT2D eigenvalue weighted by Gasteiger charge is -2.15. The van der Waals surface area contributed by atoms with Crippen molar-refractivity contribution in [2.75, 3.05) is 12.4 Å². The molecule has 0 heterocycles. The number of nitrogens with one attached hydrogen (secondary N) is 2. The number of rotatable bonds is 6. The maximum absolute atomic E-state index is 11.8. The van der Waals surface area contributed by atoms with Crippen LogP contribution >= 0.6 is 11.6 Å². The first-order valence-electron chi connectivity index (χ1n) is 6.11. The highest BCUT2D eigenvalue weighted by molar-refractivity contribution is 6.33. The summed E-state index contributed by atoms with van der Waals surface area (Å²) in [6.07, 6.45) is 1.01. The second-order valence-corrected chi connectivity index (χ2v) is 4.53. The molecule has 0 bridgehead atoms. The zero-order valence-corrected chi connectivity index (χ0v) is 12.0. The van der Waals surface area contributed by atoms with Gasteiger partial charge in [-0.3, -0.25) is 0 Å². The Bertz CT molecular complexity index is 493. The lowest BCUT2D eigenvalue weighted by atomic mass is 10.2. The Balaban J connectivity index is 2.72. The molecule has 1 aromatic rings. The summed E-state index contributed by atoms with van der Waals surface area (Å²) in [6.45, 7) is 1.84. The van der Waals surface area contributed by atoms with Crippen molar-refractivity contribution in [1.82, 2.24) is 5.32 Å². The number of methoxy groups -OCH3 is 1. The lowest BCUT2D eigenvalue weighted by molar-refractivity contribution is -0.139. The van der Waals surface area contributed by atoms with Crippen LogP contribution in [0.2, 0.25) is 5.02 Å². The molecule has 0 saturated carbocycles. The highest BCUT2D eigenvalue weighted by Gasteiger charge is 2.19. The molecule has 7 heteroatoms. The van der Waals surface area contributed by atoms with Gasteiger partial charge in [-0.2, -0.15) is 0 Å². The van der Waals surface area contributed by atoms with Gasteiger partial charge in [-0.1, -0.05) is 24.9 Å². The third-order valence-electron chi connectivity index (χ3n) is 2.60. The van der Waals surface area contributed by atoms with Gasteiger partial charge >= 0.3 is 12.0 Å². The number of amides is 2. The lowest BCUT2D eigenvalue weighted by Crippen LogP contribution is -2.42. The van der Waals surface area contributed by atoms with Gasteiger partial charge < -0.3 is 20.5 Å². The van der Waals surface area contributed by atoms with E-state index in [1.165, 1.54) is 7.11 Å². The number of carboxylic acids is 1. The van der Waals surface area contributed by atoms with Gasteiger partial charge in [-0.25, -0.2) is 9.59 Å². The van der Waals surface area contributed by atoms with Gasteiger partial charge in [0.25, 0.3) is 0 Å². The molecule has 0 unspecified atom stereocenters. The number of carbonyl (C=O) groups excluding carboxylic acids is 1. The van der Waals surface area contributed by atoms with Crippen molar-refractivity contribution in [3.63, 3.8) is 0 Å². The Morgan fingerprint density at radius 3 is 2.70 bits per heavy atom. The Kier molecular flexibility index (Phi) is 6.11. The summed E-state index contributed by atoms with van der Waals surface area (Å²) in [5, 5.41) is 14.2. The summed E-state index contributed by atoms with van der Waals surface area (Å²) in [7, 11) is 1.49. The van der Waals surface area contributed by atoms with Gasteiger partial charge in [0.15, 0.2) is 0 Å². The van der Waals surface area contributed by atoms with Gasteiger partial charge in [0, 0.05) is 6.07 Å². The molecule has 0 spiro atoms. The topological polar surface area (TPSA) is 87.7 Å². The minimum Gasteiger partial charge on any atom is -0.497 e. The summed E-state index contributed by atoms with van der Waals surface area (Å²) >= 11 is 5.94. The average molecular weight is 301 g/mol. The first kappa shape index (κ1) is 16.1. The van der Waals surface area contributed by atoms with E-state index in [9.17, 15) is 9.59 Å². The molecular formula is C13H17ClN2O4. The van der Waals surface area contributed by atoms with Crippen LogP contribution in [-0.4, -0.2) is 30.3 Å². The minimum absolute atomic E-state index is 0.336. The van der Waals surface area contributed by atoms with Crippen LogP contribution in [0.25, 0.3) is 0 Å². The molecule has 0 aliphatic heterocycles. The molecule has 0 aliphatic rings. The number of ether oxygens (including phenoxy) is 1. The van der Waals surface area contributed by atoms with E-state index >= 15 is 0 Å². The van der Waals surface area contributed by atoms with Crippen molar-refractivity contribution in [1.29, 1.82) is 0 Å². The zero-order chi connectivity index (χ0) is 15.1. The van der Waals surface area contributed by atoms with E-state index in [1.807, 2.05) is 6.92 Å². The maximum atomic E-state index is 11.8. The van der Waals surface area contributed by atoms with Crippen LogP contribution in [0.15, 0.2) is 18.2 Å². The van der Waals surface area contributed by atoms with Crippen LogP contribution in [0.4, 0.5) is 10.5 Å². The van der Waals surface area contributed by atoms with Gasteiger partial charge in [0.05, 0.1) is 17.8 Å². The summed E-state index contributed by atoms with van der Waals surface area (Å²) in [5.41, 5.74) is 0.351. The Labute approximate surface area is 122 Å².